The average Bonchev–Trinajstić information content (AvgIpc) is 2.63. The molecule has 0 aromatic carbocycles. The van der Waals surface area contributed by atoms with E-state index >= 15 is 0 Å². The van der Waals surface area contributed by atoms with E-state index in [9.17, 15) is 8.78 Å². The Hall–Kier alpha value is -0.660. The summed E-state index contributed by atoms with van der Waals surface area (Å²) >= 11 is 0. The van der Waals surface area contributed by atoms with Gasteiger partial charge in [0, 0.05) is 12.3 Å². The summed E-state index contributed by atoms with van der Waals surface area (Å²) < 4.78 is 29.5. The summed E-state index contributed by atoms with van der Waals surface area (Å²) in [6.07, 6.45) is 14.4. The van der Waals surface area contributed by atoms with Gasteiger partial charge in [0.2, 0.25) is 0 Å². The van der Waals surface area contributed by atoms with Crippen LogP contribution in [0.5, 0.6) is 0 Å². The summed E-state index contributed by atoms with van der Waals surface area (Å²) in [5.41, 5.74) is 0.702. The Kier molecular flexibility index (Phi) is 16.1. The van der Waals surface area contributed by atoms with E-state index in [4.69, 9.17) is 0 Å². The van der Waals surface area contributed by atoms with Crippen molar-refractivity contribution >= 4 is 0 Å². The van der Waals surface area contributed by atoms with Gasteiger partial charge in [-0.25, -0.2) is 8.78 Å². The van der Waals surface area contributed by atoms with Crippen LogP contribution >= 0.6 is 0 Å². The number of rotatable bonds is 16. The maximum Gasteiger partial charge on any atom is 0.102 e. The first kappa shape index (κ1) is 25.3. The summed E-state index contributed by atoms with van der Waals surface area (Å²) in [6, 6.07) is 0. The molecule has 0 heterocycles. The normalized spacial score (nSPS) is 15.7. The zero-order valence-electron chi connectivity index (χ0n) is 18.2. The molecule has 0 aromatic heterocycles. The van der Waals surface area contributed by atoms with E-state index in [1.54, 1.807) is 6.08 Å². The number of allylic oxidation sites excluding steroid dienone is 4. The predicted octanol–water partition coefficient (Wildman–Crippen LogP) is 9.47. The third-order valence-corrected chi connectivity index (χ3v) is 5.34. The molecule has 0 rings (SSSR count). The Morgan fingerprint density at radius 1 is 0.808 bits per heavy atom. The molecule has 0 radical (unpaired) electrons. The molecule has 0 N–H and O–H groups in total. The number of hydrogen-bond donors (Lipinski definition) is 0. The van der Waals surface area contributed by atoms with E-state index in [0.717, 1.165) is 57.8 Å². The second-order valence-electron chi connectivity index (χ2n) is 7.91. The van der Waals surface area contributed by atoms with E-state index in [-0.39, 0.29) is 24.0 Å². The first-order chi connectivity index (χ1) is 12.5. The van der Waals surface area contributed by atoms with E-state index in [2.05, 4.69) is 27.7 Å². The first-order valence-electron chi connectivity index (χ1n) is 11.2. The van der Waals surface area contributed by atoms with Gasteiger partial charge in [0.25, 0.3) is 0 Å². The molecular formula is C24H44F2. The molecule has 0 fully saturated rings. The van der Waals surface area contributed by atoms with Gasteiger partial charge in [-0.15, -0.1) is 0 Å². The van der Waals surface area contributed by atoms with Crippen molar-refractivity contribution in [1.82, 2.24) is 0 Å². The van der Waals surface area contributed by atoms with Crippen LogP contribution < -0.4 is 0 Å². The molecule has 0 saturated carbocycles. The summed E-state index contributed by atoms with van der Waals surface area (Å²) in [5, 5.41) is 0. The molecule has 2 unspecified atom stereocenters. The zero-order chi connectivity index (χ0) is 19.8. The number of hydrogen-bond acceptors (Lipinski definition) is 0. The quantitative estimate of drug-likeness (QED) is 0.237. The molecule has 2 heteroatoms. The molecule has 154 valence electrons. The first-order valence-corrected chi connectivity index (χ1v) is 11.2. The highest BCUT2D eigenvalue weighted by Crippen LogP contribution is 2.30. The monoisotopic (exact) mass is 370 g/mol. The van der Waals surface area contributed by atoms with Crippen LogP contribution in [-0.4, -0.2) is 0 Å². The number of unbranched alkanes of at least 4 members (excludes halogenated alkanes) is 5. The molecule has 0 spiro atoms. The predicted molar refractivity (Wildman–Crippen MR) is 113 cm³/mol. The van der Waals surface area contributed by atoms with Crippen molar-refractivity contribution in [3.8, 4) is 0 Å². The Morgan fingerprint density at radius 2 is 1.38 bits per heavy atom. The highest BCUT2D eigenvalue weighted by molar-refractivity contribution is 5.17. The molecule has 0 nitrogen and oxygen atoms in total. The summed E-state index contributed by atoms with van der Waals surface area (Å²) in [4.78, 5) is 0. The summed E-state index contributed by atoms with van der Waals surface area (Å²) in [7, 11) is 0. The Morgan fingerprint density at radius 3 is 1.92 bits per heavy atom. The van der Waals surface area contributed by atoms with Gasteiger partial charge in [-0.3, -0.25) is 0 Å². The molecular weight excluding hydrogens is 326 g/mol. The van der Waals surface area contributed by atoms with Crippen molar-refractivity contribution in [2.24, 2.45) is 11.8 Å². The minimum atomic E-state index is -0.129. The maximum absolute atomic E-state index is 14.9. The van der Waals surface area contributed by atoms with Crippen LogP contribution in [0.4, 0.5) is 8.78 Å². The largest absolute Gasteiger partial charge is 0.212 e. The lowest BCUT2D eigenvalue weighted by atomic mass is 9.93. The molecule has 0 aromatic rings. The molecule has 0 aliphatic carbocycles. The van der Waals surface area contributed by atoms with Gasteiger partial charge in [0.05, 0.1) is 0 Å². The van der Waals surface area contributed by atoms with Crippen molar-refractivity contribution in [3.05, 3.63) is 23.3 Å². The van der Waals surface area contributed by atoms with Gasteiger partial charge in [-0.2, -0.15) is 0 Å². The van der Waals surface area contributed by atoms with Crippen LogP contribution in [0.2, 0.25) is 0 Å². The molecule has 26 heavy (non-hydrogen) atoms. The van der Waals surface area contributed by atoms with Gasteiger partial charge in [0.1, 0.15) is 11.7 Å². The van der Waals surface area contributed by atoms with E-state index in [0.29, 0.717) is 17.9 Å². The number of halogens is 2. The van der Waals surface area contributed by atoms with Crippen LogP contribution in [0, 0.1) is 11.8 Å². The van der Waals surface area contributed by atoms with E-state index < -0.39 is 0 Å². The fourth-order valence-electron chi connectivity index (χ4n) is 3.44. The van der Waals surface area contributed by atoms with Crippen molar-refractivity contribution in [3.63, 3.8) is 0 Å². The molecule has 0 amide bonds. The highest BCUT2D eigenvalue weighted by Gasteiger charge is 2.16. The van der Waals surface area contributed by atoms with Crippen molar-refractivity contribution < 1.29 is 8.78 Å². The van der Waals surface area contributed by atoms with Gasteiger partial charge < -0.3 is 0 Å². The van der Waals surface area contributed by atoms with Gasteiger partial charge >= 0.3 is 0 Å². The average molecular weight is 371 g/mol. The van der Waals surface area contributed by atoms with Crippen LogP contribution in [-0.2, 0) is 0 Å². The highest BCUT2D eigenvalue weighted by atomic mass is 19.1. The second kappa shape index (κ2) is 16.5. The van der Waals surface area contributed by atoms with Crippen molar-refractivity contribution in [2.45, 2.75) is 118 Å². The molecule has 0 saturated heterocycles. The fourth-order valence-corrected chi connectivity index (χ4v) is 3.44. The lowest BCUT2D eigenvalue weighted by Gasteiger charge is -2.16. The van der Waals surface area contributed by atoms with Crippen LogP contribution in [0.3, 0.4) is 0 Å². The minimum Gasteiger partial charge on any atom is -0.212 e. The van der Waals surface area contributed by atoms with Gasteiger partial charge in [0.15, 0.2) is 0 Å². The van der Waals surface area contributed by atoms with Crippen LogP contribution in [0.15, 0.2) is 23.3 Å². The van der Waals surface area contributed by atoms with Gasteiger partial charge in [-0.05, 0) is 49.7 Å². The summed E-state index contributed by atoms with van der Waals surface area (Å²) in [6.45, 7) is 10.5. The smallest absolute Gasteiger partial charge is 0.102 e. The van der Waals surface area contributed by atoms with Gasteiger partial charge in [-0.1, -0.05) is 79.6 Å². The standard InChI is InChI=1S/C24H44F2/c1-6-10-13-15-20(5)24(26)22(17-12-8-3)19-23(25)18-21(9-4)16-14-11-7-2/h18,20-21H,6-17,19H2,1-5H3/b23-18-,24-22-. The molecule has 0 aliphatic heterocycles. The molecule has 2 atom stereocenters. The Balaban J connectivity index is 4.98. The van der Waals surface area contributed by atoms with Crippen molar-refractivity contribution in [1.29, 1.82) is 0 Å². The third-order valence-electron chi connectivity index (χ3n) is 5.34. The maximum atomic E-state index is 14.9. The van der Waals surface area contributed by atoms with E-state index in [1.165, 1.54) is 12.8 Å². The van der Waals surface area contributed by atoms with Crippen LogP contribution in [0.25, 0.3) is 0 Å². The fraction of sp³-hybridized carbons (Fsp3) is 0.833. The lowest BCUT2D eigenvalue weighted by Crippen LogP contribution is -2.02. The topological polar surface area (TPSA) is 0 Å². The summed E-state index contributed by atoms with van der Waals surface area (Å²) in [5.74, 6) is 0.0410. The lowest BCUT2D eigenvalue weighted by molar-refractivity contribution is 0.432. The third kappa shape index (κ3) is 11.9. The van der Waals surface area contributed by atoms with Crippen molar-refractivity contribution in [2.75, 3.05) is 0 Å². The second-order valence-corrected chi connectivity index (χ2v) is 7.91. The van der Waals surface area contributed by atoms with Crippen LogP contribution in [0.1, 0.15) is 118 Å². The molecule has 0 aliphatic rings. The Bertz CT molecular complexity index is 395. The Labute approximate surface area is 162 Å². The SMILES string of the molecule is CCCCCC(/C=C(\F)C/C(CCCC)=C(\F)C(C)CCCCC)CC. The van der Waals surface area contributed by atoms with E-state index in [1.807, 2.05) is 6.92 Å². The molecule has 0 bridgehead atoms. The zero-order valence-corrected chi connectivity index (χ0v) is 18.2. The minimum absolute atomic E-state index is 0.0443.